The highest BCUT2D eigenvalue weighted by Crippen LogP contribution is 2.55. The van der Waals surface area contributed by atoms with Gasteiger partial charge in [-0.25, -0.2) is 0 Å². The van der Waals surface area contributed by atoms with Crippen molar-refractivity contribution in [3.05, 3.63) is 29.3 Å². The van der Waals surface area contributed by atoms with Crippen LogP contribution in [0.4, 0.5) is 0 Å². The van der Waals surface area contributed by atoms with Gasteiger partial charge in [0.05, 0.1) is 0 Å². The van der Waals surface area contributed by atoms with E-state index in [4.69, 9.17) is 0 Å². The number of phenolic OH excluding ortho intramolecular Hbond substituents is 1. The van der Waals surface area contributed by atoms with Crippen LogP contribution >= 0.6 is 0 Å². The van der Waals surface area contributed by atoms with Gasteiger partial charge in [-0.3, -0.25) is 4.79 Å². The van der Waals surface area contributed by atoms with Crippen LogP contribution in [-0.4, -0.2) is 23.0 Å². The van der Waals surface area contributed by atoms with Gasteiger partial charge in [0.2, 0.25) is 0 Å². The number of carbonyl (C=O) groups excluding carboxylic acids is 1. The van der Waals surface area contributed by atoms with Gasteiger partial charge >= 0.3 is 0 Å². The first kappa shape index (κ1) is 12.4. The lowest BCUT2D eigenvalue weighted by Crippen LogP contribution is -2.68. The molecule has 0 radical (unpaired) electrons. The lowest BCUT2D eigenvalue weighted by molar-refractivity contribution is -0.127. The van der Waals surface area contributed by atoms with Crippen LogP contribution in [0.5, 0.6) is 5.75 Å². The molecule has 1 saturated carbocycles. The summed E-state index contributed by atoms with van der Waals surface area (Å²) in [7, 11) is 0. The summed E-state index contributed by atoms with van der Waals surface area (Å²) in [5.74, 6) is 1.38. The van der Waals surface area contributed by atoms with Gasteiger partial charge in [-0.15, -0.1) is 0 Å². The average Bonchev–Trinajstić information content (AvgIpc) is 2.39. The minimum Gasteiger partial charge on any atom is -0.508 e. The minimum absolute atomic E-state index is 0.110. The van der Waals surface area contributed by atoms with Gasteiger partial charge < -0.3 is 10.4 Å². The van der Waals surface area contributed by atoms with Gasteiger partial charge in [-0.1, -0.05) is 13.0 Å². The van der Waals surface area contributed by atoms with Crippen molar-refractivity contribution in [3.63, 3.8) is 0 Å². The smallest absolute Gasteiger partial charge is 0.134 e. The first-order valence-corrected chi connectivity index (χ1v) is 7.58. The van der Waals surface area contributed by atoms with Crippen LogP contribution in [0.15, 0.2) is 18.2 Å². The van der Waals surface area contributed by atoms with Crippen LogP contribution in [0.1, 0.15) is 37.8 Å². The van der Waals surface area contributed by atoms with Gasteiger partial charge in [0.15, 0.2) is 0 Å². The number of carbonyl (C=O) groups is 1. The van der Waals surface area contributed by atoms with E-state index in [1.165, 1.54) is 11.1 Å². The summed E-state index contributed by atoms with van der Waals surface area (Å²) in [6.07, 6.45) is 3.04. The fourth-order valence-corrected chi connectivity index (χ4v) is 5.09. The number of ketones is 1. The van der Waals surface area contributed by atoms with Gasteiger partial charge in [0.25, 0.3) is 0 Å². The molecule has 2 aliphatic heterocycles. The van der Waals surface area contributed by atoms with Crippen molar-refractivity contribution in [2.24, 2.45) is 11.8 Å². The molecule has 5 atom stereocenters. The Kier molecular flexibility index (Phi) is 2.39. The van der Waals surface area contributed by atoms with E-state index >= 15 is 0 Å². The minimum atomic E-state index is 0.110. The maximum atomic E-state index is 11.8. The van der Waals surface area contributed by atoms with Crippen molar-refractivity contribution in [2.75, 3.05) is 0 Å². The number of piperidine rings is 2. The molecule has 2 heterocycles. The van der Waals surface area contributed by atoms with Gasteiger partial charge in [0.1, 0.15) is 11.5 Å². The van der Waals surface area contributed by atoms with Crippen LogP contribution in [0.3, 0.4) is 0 Å². The molecule has 2 saturated heterocycles. The predicted molar refractivity (Wildman–Crippen MR) is 76.8 cm³/mol. The summed E-state index contributed by atoms with van der Waals surface area (Å²) in [5, 5.41) is 13.6. The highest BCUT2D eigenvalue weighted by Gasteiger charge is 2.57. The fraction of sp³-hybridized carbons (Fsp3) is 0.588. The molecule has 3 nitrogen and oxygen atoms in total. The maximum absolute atomic E-state index is 11.8. The molecule has 4 unspecified atom stereocenters. The van der Waals surface area contributed by atoms with Crippen molar-refractivity contribution in [1.82, 2.24) is 5.32 Å². The number of hydrogen-bond donors (Lipinski definition) is 2. The summed E-state index contributed by atoms with van der Waals surface area (Å²) in [6.45, 7) is 4.05. The predicted octanol–water partition coefficient (Wildman–Crippen LogP) is 2.16. The third kappa shape index (κ3) is 1.47. The summed E-state index contributed by atoms with van der Waals surface area (Å²) in [4.78, 5) is 11.8. The Morgan fingerprint density at radius 3 is 2.90 bits per heavy atom. The van der Waals surface area contributed by atoms with Gasteiger partial charge in [0, 0.05) is 18.0 Å². The molecule has 0 aromatic heterocycles. The molecule has 2 aliphatic carbocycles. The normalized spacial score (nSPS) is 41.3. The van der Waals surface area contributed by atoms with E-state index in [-0.39, 0.29) is 11.3 Å². The van der Waals surface area contributed by atoms with Crippen molar-refractivity contribution in [1.29, 1.82) is 0 Å². The Labute approximate surface area is 119 Å². The number of rotatable bonds is 1. The number of aromatic hydroxyl groups is 1. The third-order valence-corrected chi connectivity index (χ3v) is 6.04. The Balaban J connectivity index is 1.81. The second kappa shape index (κ2) is 3.85. The lowest BCUT2D eigenvalue weighted by Gasteiger charge is -2.60. The van der Waals surface area contributed by atoms with E-state index in [9.17, 15) is 9.90 Å². The summed E-state index contributed by atoms with van der Waals surface area (Å²) in [5.41, 5.74) is 2.78. The number of hydrogen-bond acceptors (Lipinski definition) is 3. The second-order valence-corrected chi connectivity index (χ2v) is 7.11. The first-order valence-electron chi connectivity index (χ1n) is 7.58. The molecule has 20 heavy (non-hydrogen) atoms. The van der Waals surface area contributed by atoms with Gasteiger partial charge in [-0.05, 0) is 60.8 Å². The molecule has 0 amide bonds. The number of fused-ring (bicyclic) bond motifs is 2. The van der Waals surface area contributed by atoms with Crippen LogP contribution < -0.4 is 5.32 Å². The molecule has 2 N–H and O–H groups in total. The molecule has 0 spiro atoms. The topological polar surface area (TPSA) is 49.3 Å². The van der Waals surface area contributed by atoms with Crippen LogP contribution in [-0.2, 0) is 16.6 Å². The Hall–Kier alpha value is -1.35. The summed E-state index contributed by atoms with van der Waals surface area (Å²) < 4.78 is 0. The van der Waals surface area contributed by atoms with Crippen molar-refractivity contribution in [3.8, 4) is 5.75 Å². The molecular weight excluding hydrogens is 250 g/mol. The molecule has 4 bridgehead atoms. The second-order valence-electron chi connectivity index (χ2n) is 7.11. The molecule has 3 heteroatoms. The third-order valence-electron chi connectivity index (χ3n) is 6.04. The maximum Gasteiger partial charge on any atom is 0.134 e. The van der Waals surface area contributed by atoms with Crippen LogP contribution in [0.25, 0.3) is 0 Å². The molecule has 1 aromatic rings. The summed E-state index contributed by atoms with van der Waals surface area (Å²) in [6, 6.07) is 6.61. The summed E-state index contributed by atoms with van der Waals surface area (Å²) >= 11 is 0. The molecule has 106 valence electrons. The highest BCUT2D eigenvalue weighted by atomic mass is 16.3. The molecule has 1 aromatic carbocycles. The van der Waals surface area contributed by atoms with E-state index in [0.717, 1.165) is 19.3 Å². The Bertz CT molecular complexity index is 597. The monoisotopic (exact) mass is 271 g/mol. The van der Waals surface area contributed by atoms with E-state index < -0.39 is 0 Å². The number of benzene rings is 1. The highest BCUT2D eigenvalue weighted by molar-refractivity contribution is 5.79. The number of nitrogens with one attached hydrogen (secondary N) is 1. The lowest BCUT2D eigenvalue weighted by atomic mass is 9.50. The molecule has 5 rings (SSSR count). The largest absolute Gasteiger partial charge is 0.508 e. The first-order chi connectivity index (χ1) is 9.49. The van der Waals surface area contributed by atoms with E-state index in [1.54, 1.807) is 13.0 Å². The standard InChI is InChI=1S/C17H21NO2/c1-9(19)12-7-14-15-5-10-3-4-11(20)6-13(10)17(14,2)8-16(12)18-15/h3-4,6,12,14-16,18,20H,5,7-8H2,1-2H3/t12?,14?,15?,16?,17-/m0/s1. The number of phenols is 1. The SMILES string of the molecule is CC(=O)C1CC2C3Cc4ccc(O)cc4[C@]2(C)CC1N3. The average molecular weight is 271 g/mol. The van der Waals surface area contributed by atoms with Gasteiger partial charge in [-0.2, -0.15) is 0 Å². The van der Waals surface area contributed by atoms with Crippen molar-refractivity contribution in [2.45, 2.75) is 50.6 Å². The van der Waals surface area contributed by atoms with E-state index in [0.29, 0.717) is 29.5 Å². The zero-order chi connectivity index (χ0) is 14.1. The van der Waals surface area contributed by atoms with Crippen LogP contribution in [0.2, 0.25) is 0 Å². The van der Waals surface area contributed by atoms with E-state index in [1.807, 2.05) is 6.07 Å². The van der Waals surface area contributed by atoms with Crippen LogP contribution in [0, 0.1) is 11.8 Å². The zero-order valence-electron chi connectivity index (χ0n) is 12.0. The zero-order valence-corrected chi connectivity index (χ0v) is 12.0. The van der Waals surface area contributed by atoms with E-state index in [2.05, 4.69) is 18.3 Å². The van der Waals surface area contributed by atoms with Crippen molar-refractivity contribution < 1.29 is 9.90 Å². The molecule has 3 fully saturated rings. The Morgan fingerprint density at radius 2 is 2.20 bits per heavy atom. The number of Topliss-reactive ketones (excluding diaryl/α,β-unsaturated/α-hetero) is 1. The molecule has 4 aliphatic rings. The fourth-order valence-electron chi connectivity index (χ4n) is 5.09. The van der Waals surface area contributed by atoms with Crippen molar-refractivity contribution >= 4 is 5.78 Å². The Morgan fingerprint density at radius 1 is 1.40 bits per heavy atom. The quantitative estimate of drug-likeness (QED) is 0.823. The molecular formula is C17H21NO2.